The van der Waals surface area contributed by atoms with Crippen LogP contribution in [0.2, 0.25) is 0 Å². The van der Waals surface area contributed by atoms with Crippen molar-refractivity contribution in [1.82, 2.24) is 10.2 Å². The molecule has 0 bridgehead atoms. The fraction of sp³-hybridized carbons (Fsp3) is 0.545. The molecule has 0 unspecified atom stereocenters. The molecule has 1 heterocycles. The molecule has 0 aliphatic carbocycles. The largest absolute Gasteiger partial charge is 0.438 e. The van der Waals surface area contributed by atoms with Gasteiger partial charge in [-0.05, 0) is 39.8 Å². The average Bonchev–Trinajstić information content (AvgIpc) is 2.72. The molecule has 0 saturated carbocycles. The van der Waals surface area contributed by atoms with Crippen LogP contribution in [0.3, 0.4) is 0 Å². The molecule has 0 saturated heterocycles. The highest BCUT2D eigenvalue weighted by atomic mass is 32.2. The second-order valence-corrected chi connectivity index (χ2v) is 6.45. The van der Waals surface area contributed by atoms with Crippen LogP contribution in [0.5, 0.6) is 0 Å². The van der Waals surface area contributed by atoms with Gasteiger partial charge in [0, 0.05) is 5.54 Å². The standard InChI is InChI=1S/C11H18N2O5S/c1-5-17-12-10(14)8-6-7-9(18-8)19(15,16)13-11(2,3)4/h6-7,13H,5H2,1-4H3,(H,12,14). The summed E-state index contributed by atoms with van der Waals surface area (Å²) in [7, 11) is -3.79. The summed E-state index contributed by atoms with van der Waals surface area (Å²) in [6, 6.07) is 2.49. The van der Waals surface area contributed by atoms with E-state index in [1.54, 1.807) is 27.7 Å². The number of carbonyl (C=O) groups is 1. The van der Waals surface area contributed by atoms with E-state index >= 15 is 0 Å². The van der Waals surface area contributed by atoms with Crippen LogP contribution in [0.25, 0.3) is 0 Å². The molecule has 1 rings (SSSR count). The molecule has 1 amide bonds. The highest BCUT2D eigenvalue weighted by Gasteiger charge is 2.26. The molecule has 1 aromatic heterocycles. The Morgan fingerprint density at radius 3 is 2.53 bits per heavy atom. The van der Waals surface area contributed by atoms with Crippen LogP contribution in [0.1, 0.15) is 38.2 Å². The van der Waals surface area contributed by atoms with Gasteiger partial charge in [0.2, 0.25) is 5.09 Å². The zero-order valence-corrected chi connectivity index (χ0v) is 12.1. The third-order valence-corrected chi connectivity index (χ3v) is 3.45. The molecule has 0 radical (unpaired) electrons. The Bertz CT molecular complexity index is 542. The number of carbonyl (C=O) groups excluding carboxylic acids is 1. The first kappa shape index (κ1) is 15.7. The first-order chi connectivity index (χ1) is 8.65. The second kappa shape index (κ2) is 5.72. The molecule has 19 heavy (non-hydrogen) atoms. The number of hydrogen-bond acceptors (Lipinski definition) is 5. The van der Waals surface area contributed by atoms with Gasteiger partial charge in [-0.3, -0.25) is 9.63 Å². The van der Waals surface area contributed by atoms with Gasteiger partial charge in [0.05, 0.1) is 6.61 Å². The minimum absolute atomic E-state index is 0.136. The zero-order chi connectivity index (χ0) is 14.7. The molecular weight excluding hydrogens is 272 g/mol. The number of furan rings is 1. The summed E-state index contributed by atoms with van der Waals surface area (Å²) >= 11 is 0. The summed E-state index contributed by atoms with van der Waals surface area (Å²) in [5.74, 6) is -0.776. The van der Waals surface area contributed by atoms with Crippen molar-refractivity contribution in [3.8, 4) is 0 Å². The van der Waals surface area contributed by atoms with E-state index in [9.17, 15) is 13.2 Å². The van der Waals surface area contributed by atoms with E-state index in [0.29, 0.717) is 6.61 Å². The number of nitrogens with one attached hydrogen (secondary N) is 2. The predicted octanol–water partition coefficient (Wildman–Crippen LogP) is 1.04. The van der Waals surface area contributed by atoms with Gasteiger partial charge in [-0.15, -0.1) is 0 Å². The lowest BCUT2D eigenvalue weighted by Crippen LogP contribution is -2.40. The summed E-state index contributed by atoms with van der Waals surface area (Å²) < 4.78 is 31.3. The fourth-order valence-electron chi connectivity index (χ4n) is 1.23. The van der Waals surface area contributed by atoms with Crippen molar-refractivity contribution in [2.75, 3.05) is 6.61 Å². The SMILES string of the molecule is CCONC(=O)c1ccc(S(=O)(=O)NC(C)(C)C)o1. The van der Waals surface area contributed by atoms with E-state index in [0.717, 1.165) is 0 Å². The van der Waals surface area contributed by atoms with Crippen LogP contribution in [-0.2, 0) is 14.9 Å². The minimum Gasteiger partial charge on any atom is -0.438 e. The van der Waals surface area contributed by atoms with Crippen LogP contribution in [0, 0.1) is 0 Å². The highest BCUT2D eigenvalue weighted by molar-refractivity contribution is 7.89. The lowest BCUT2D eigenvalue weighted by Gasteiger charge is -2.18. The van der Waals surface area contributed by atoms with E-state index in [1.807, 2.05) is 0 Å². The Hall–Kier alpha value is -1.38. The molecule has 0 aliphatic heterocycles. The molecule has 0 fully saturated rings. The van der Waals surface area contributed by atoms with Gasteiger partial charge in [0.15, 0.2) is 5.76 Å². The zero-order valence-electron chi connectivity index (χ0n) is 11.3. The van der Waals surface area contributed by atoms with Crippen molar-refractivity contribution in [3.05, 3.63) is 17.9 Å². The normalized spacial score (nSPS) is 12.4. The van der Waals surface area contributed by atoms with Crippen LogP contribution >= 0.6 is 0 Å². The molecule has 0 spiro atoms. The quantitative estimate of drug-likeness (QED) is 0.790. The first-order valence-electron chi connectivity index (χ1n) is 5.71. The van der Waals surface area contributed by atoms with Crippen molar-refractivity contribution >= 4 is 15.9 Å². The number of amides is 1. The van der Waals surface area contributed by atoms with E-state index < -0.39 is 21.5 Å². The van der Waals surface area contributed by atoms with Crippen LogP contribution in [-0.4, -0.2) is 26.5 Å². The predicted molar refractivity (Wildman–Crippen MR) is 67.9 cm³/mol. The number of hydrogen-bond donors (Lipinski definition) is 2. The van der Waals surface area contributed by atoms with Crippen LogP contribution in [0.15, 0.2) is 21.6 Å². The van der Waals surface area contributed by atoms with Gasteiger partial charge in [-0.1, -0.05) is 0 Å². The van der Waals surface area contributed by atoms with Crippen molar-refractivity contribution in [2.45, 2.75) is 38.3 Å². The smallest absolute Gasteiger partial charge is 0.310 e. The second-order valence-electron chi connectivity index (χ2n) is 4.84. The van der Waals surface area contributed by atoms with E-state index in [4.69, 9.17) is 9.25 Å². The van der Waals surface area contributed by atoms with Crippen molar-refractivity contribution in [1.29, 1.82) is 0 Å². The summed E-state index contributed by atoms with van der Waals surface area (Å²) in [5, 5.41) is -0.316. The van der Waals surface area contributed by atoms with E-state index in [2.05, 4.69) is 10.2 Å². The summed E-state index contributed by atoms with van der Waals surface area (Å²) in [5.41, 5.74) is 1.47. The molecule has 8 heteroatoms. The molecule has 7 nitrogen and oxygen atoms in total. The third kappa shape index (κ3) is 4.66. The summed E-state index contributed by atoms with van der Waals surface area (Å²) in [6.45, 7) is 7.11. The van der Waals surface area contributed by atoms with Crippen molar-refractivity contribution in [3.63, 3.8) is 0 Å². The Morgan fingerprint density at radius 2 is 2.00 bits per heavy atom. The number of hydroxylamine groups is 1. The van der Waals surface area contributed by atoms with E-state index in [-0.39, 0.29) is 10.9 Å². The molecule has 0 aliphatic rings. The number of rotatable bonds is 5. The van der Waals surface area contributed by atoms with Gasteiger partial charge in [0.1, 0.15) is 0 Å². The molecule has 0 aromatic carbocycles. The van der Waals surface area contributed by atoms with Gasteiger partial charge in [-0.2, -0.15) is 0 Å². The number of sulfonamides is 1. The van der Waals surface area contributed by atoms with Gasteiger partial charge >= 0.3 is 5.91 Å². The molecule has 2 N–H and O–H groups in total. The Morgan fingerprint density at radius 1 is 1.37 bits per heavy atom. The molecular formula is C11H18N2O5S. The Labute approximate surface area is 112 Å². The summed E-state index contributed by atoms with van der Waals surface area (Å²) in [6.07, 6.45) is 0. The lowest BCUT2D eigenvalue weighted by molar-refractivity contribution is 0.0336. The third-order valence-electron chi connectivity index (χ3n) is 1.82. The fourth-order valence-corrected chi connectivity index (χ4v) is 2.58. The minimum atomic E-state index is -3.79. The van der Waals surface area contributed by atoms with E-state index in [1.165, 1.54) is 12.1 Å². The van der Waals surface area contributed by atoms with Crippen LogP contribution in [0.4, 0.5) is 0 Å². The molecule has 0 atom stereocenters. The monoisotopic (exact) mass is 290 g/mol. The topological polar surface area (TPSA) is 97.6 Å². The maximum atomic E-state index is 11.9. The lowest BCUT2D eigenvalue weighted by atomic mass is 10.1. The highest BCUT2D eigenvalue weighted by Crippen LogP contribution is 2.16. The maximum Gasteiger partial charge on any atom is 0.310 e. The summed E-state index contributed by atoms with van der Waals surface area (Å²) in [4.78, 5) is 16.2. The van der Waals surface area contributed by atoms with Gasteiger partial charge in [0.25, 0.3) is 10.0 Å². The Kier molecular flexibility index (Phi) is 4.72. The van der Waals surface area contributed by atoms with Crippen LogP contribution < -0.4 is 10.2 Å². The Balaban J connectivity index is 2.88. The average molecular weight is 290 g/mol. The maximum absolute atomic E-state index is 11.9. The van der Waals surface area contributed by atoms with Gasteiger partial charge in [-0.25, -0.2) is 18.6 Å². The molecule has 108 valence electrons. The first-order valence-corrected chi connectivity index (χ1v) is 7.20. The van der Waals surface area contributed by atoms with Gasteiger partial charge < -0.3 is 4.42 Å². The van der Waals surface area contributed by atoms with Crippen molar-refractivity contribution in [2.24, 2.45) is 0 Å². The van der Waals surface area contributed by atoms with Crippen molar-refractivity contribution < 1.29 is 22.5 Å². The molecule has 1 aromatic rings.